The summed E-state index contributed by atoms with van der Waals surface area (Å²) < 4.78 is 1.84. The molecule has 1 aliphatic carbocycles. The number of nitrogens with one attached hydrogen (secondary N) is 1. The maximum absolute atomic E-state index is 12.4. The van der Waals surface area contributed by atoms with Gasteiger partial charge in [-0.2, -0.15) is 0 Å². The average molecular weight is 248 g/mol. The van der Waals surface area contributed by atoms with Crippen molar-refractivity contribution in [2.24, 2.45) is 0 Å². The number of aromatic nitrogens is 2. The highest BCUT2D eigenvalue weighted by molar-refractivity contribution is 5.37. The van der Waals surface area contributed by atoms with E-state index >= 15 is 0 Å². The van der Waals surface area contributed by atoms with Crippen LogP contribution in [-0.2, 0) is 0 Å². The summed E-state index contributed by atoms with van der Waals surface area (Å²) in [4.78, 5) is 18.8. The molecule has 0 spiro atoms. The molecule has 1 saturated heterocycles. The molecule has 1 N–H and O–H groups in total. The zero-order valence-electron chi connectivity index (χ0n) is 11.0. The number of piperazine rings is 1. The van der Waals surface area contributed by atoms with Gasteiger partial charge >= 0.3 is 0 Å². The highest BCUT2D eigenvalue weighted by Gasteiger charge is 2.30. The van der Waals surface area contributed by atoms with Gasteiger partial charge in [0.2, 0.25) is 0 Å². The van der Waals surface area contributed by atoms with Gasteiger partial charge in [-0.3, -0.25) is 4.79 Å². The molecule has 0 atom stereocenters. The second-order valence-electron chi connectivity index (χ2n) is 5.93. The van der Waals surface area contributed by atoms with Gasteiger partial charge in [-0.05, 0) is 26.7 Å². The van der Waals surface area contributed by atoms with Gasteiger partial charge in [-0.25, -0.2) is 4.98 Å². The second-order valence-corrected chi connectivity index (χ2v) is 5.93. The molecule has 0 bridgehead atoms. The van der Waals surface area contributed by atoms with Crippen molar-refractivity contribution in [2.75, 3.05) is 24.5 Å². The molecule has 1 aromatic rings. The van der Waals surface area contributed by atoms with Gasteiger partial charge < -0.3 is 14.8 Å². The Morgan fingerprint density at radius 1 is 1.44 bits per heavy atom. The zero-order valence-corrected chi connectivity index (χ0v) is 11.0. The lowest BCUT2D eigenvalue weighted by molar-refractivity contribution is 0.351. The Bertz CT molecular complexity index is 504. The summed E-state index contributed by atoms with van der Waals surface area (Å²) in [5.74, 6) is 0.610. The molecule has 2 heterocycles. The van der Waals surface area contributed by atoms with Crippen molar-refractivity contribution in [1.29, 1.82) is 0 Å². The van der Waals surface area contributed by atoms with Gasteiger partial charge in [0.15, 0.2) is 5.82 Å². The molecule has 1 aromatic heterocycles. The predicted molar refractivity (Wildman–Crippen MR) is 71.1 cm³/mol. The van der Waals surface area contributed by atoms with Crippen molar-refractivity contribution >= 4 is 5.82 Å². The summed E-state index contributed by atoms with van der Waals surface area (Å²) in [7, 11) is 0. The summed E-state index contributed by atoms with van der Waals surface area (Å²) in [5, 5.41) is 3.45. The van der Waals surface area contributed by atoms with E-state index in [2.05, 4.69) is 29.0 Å². The van der Waals surface area contributed by atoms with Crippen molar-refractivity contribution < 1.29 is 0 Å². The molecule has 0 radical (unpaired) electrons. The standard InChI is InChI=1S/C13H20N4O/c1-13(2)9-16(7-6-15-13)11-12(18)17(8-5-14-11)10-3-4-10/h5,8,10,15H,3-4,6-7,9H2,1-2H3. The topological polar surface area (TPSA) is 50.2 Å². The Kier molecular flexibility index (Phi) is 2.66. The highest BCUT2D eigenvalue weighted by Crippen LogP contribution is 2.33. The molecule has 1 saturated carbocycles. The van der Waals surface area contributed by atoms with E-state index in [0.29, 0.717) is 11.9 Å². The smallest absolute Gasteiger partial charge is 0.293 e. The Morgan fingerprint density at radius 3 is 2.89 bits per heavy atom. The second kappa shape index (κ2) is 4.09. The summed E-state index contributed by atoms with van der Waals surface area (Å²) in [6.45, 7) is 6.87. The maximum Gasteiger partial charge on any atom is 0.293 e. The van der Waals surface area contributed by atoms with E-state index in [9.17, 15) is 4.79 Å². The molecule has 18 heavy (non-hydrogen) atoms. The maximum atomic E-state index is 12.4. The molecular formula is C13H20N4O. The van der Waals surface area contributed by atoms with Crippen molar-refractivity contribution in [1.82, 2.24) is 14.9 Å². The zero-order chi connectivity index (χ0) is 12.8. The fourth-order valence-corrected chi connectivity index (χ4v) is 2.59. The molecule has 2 aliphatic rings. The SMILES string of the molecule is CC1(C)CN(c2nccn(C3CC3)c2=O)CCN1. The largest absolute Gasteiger partial charge is 0.349 e. The van der Waals surface area contributed by atoms with E-state index in [4.69, 9.17) is 0 Å². The Balaban J connectivity index is 1.92. The molecule has 0 unspecified atom stereocenters. The third-order valence-corrected chi connectivity index (χ3v) is 3.66. The highest BCUT2D eigenvalue weighted by atomic mass is 16.1. The van der Waals surface area contributed by atoms with E-state index < -0.39 is 0 Å². The van der Waals surface area contributed by atoms with Crippen LogP contribution >= 0.6 is 0 Å². The van der Waals surface area contributed by atoms with Crippen LogP contribution in [0.25, 0.3) is 0 Å². The third-order valence-electron chi connectivity index (χ3n) is 3.66. The minimum Gasteiger partial charge on any atom is -0.349 e. The number of hydrogen-bond donors (Lipinski definition) is 1. The quantitative estimate of drug-likeness (QED) is 0.840. The van der Waals surface area contributed by atoms with Crippen LogP contribution in [0.5, 0.6) is 0 Å². The van der Waals surface area contributed by atoms with Crippen molar-refractivity contribution in [2.45, 2.75) is 38.3 Å². The van der Waals surface area contributed by atoms with Crippen LogP contribution in [-0.4, -0.2) is 34.7 Å². The summed E-state index contributed by atoms with van der Waals surface area (Å²) in [6.07, 6.45) is 5.81. The molecular weight excluding hydrogens is 228 g/mol. The Labute approximate surface area is 107 Å². The fraction of sp³-hybridized carbons (Fsp3) is 0.692. The lowest BCUT2D eigenvalue weighted by Gasteiger charge is -2.39. The Morgan fingerprint density at radius 2 is 2.22 bits per heavy atom. The molecule has 3 rings (SSSR count). The van der Waals surface area contributed by atoms with E-state index in [0.717, 1.165) is 32.5 Å². The number of nitrogens with zero attached hydrogens (tertiary/aromatic N) is 3. The molecule has 5 heteroatoms. The first-order valence-corrected chi connectivity index (χ1v) is 6.64. The van der Waals surface area contributed by atoms with Crippen LogP contribution in [0.1, 0.15) is 32.7 Å². The average Bonchev–Trinajstić information content (AvgIpc) is 3.12. The fourth-order valence-electron chi connectivity index (χ4n) is 2.59. The molecule has 1 aliphatic heterocycles. The molecule has 98 valence electrons. The first kappa shape index (κ1) is 11.7. The summed E-state index contributed by atoms with van der Waals surface area (Å²) in [5.41, 5.74) is 0.102. The lowest BCUT2D eigenvalue weighted by atomic mass is 10.0. The van der Waals surface area contributed by atoms with E-state index in [-0.39, 0.29) is 11.1 Å². The van der Waals surface area contributed by atoms with Gasteiger partial charge in [-0.1, -0.05) is 0 Å². The van der Waals surface area contributed by atoms with E-state index in [1.807, 2.05) is 10.8 Å². The number of anilines is 1. The molecule has 0 aromatic carbocycles. The molecule has 0 amide bonds. The van der Waals surface area contributed by atoms with Crippen molar-refractivity contribution in [3.63, 3.8) is 0 Å². The minimum atomic E-state index is 0.0343. The molecule has 2 fully saturated rings. The lowest BCUT2D eigenvalue weighted by Crippen LogP contribution is -2.58. The first-order chi connectivity index (χ1) is 8.57. The van der Waals surface area contributed by atoms with Crippen LogP contribution in [0.2, 0.25) is 0 Å². The van der Waals surface area contributed by atoms with Crippen LogP contribution in [0, 0.1) is 0 Å². The van der Waals surface area contributed by atoms with Crippen LogP contribution in [0.4, 0.5) is 5.82 Å². The summed E-state index contributed by atoms with van der Waals surface area (Å²) >= 11 is 0. The first-order valence-electron chi connectivity index (χ1n) is 6.64. The number of rotatable bonds is 2. The summed E-state index contributed by atoms with van der Waals surface area (Å²) in [6, 6.07) is 0.412. The van der Waals surface area contributed by atoms with Crippen LogP contribution in [0.15, 0.2) is 17.2 Å². The minimum absolute atomic E-state index is 0.0343. The van der Waals surface area contributed by atoms with E-state index in [1.165, 1.54) is 0 Å². The number of hydrogen-bond acceptors (Lipinski definition) is 4. The van der Waals surface area contributed by atoms with Gasteiger partial charge in [0.1, 0.15) is 0 Å². The van der Waals surface area contributed by atoms with Crippen LogP contribution < -0.4 is 15.8 Å². The predicted octanol–water partition coefficient (Wildman–Crippen LogP) is 0.766. The Hall–Kier alpha value is -1.36. The molecule has 5 nitrogen and oxygen atoms in total. The van der Waals surface area contributed by atoms with Gasteiger partial charge in [-0.15, -0.1) is 0 Å². The van der Waals surface area contributed by atoms with E-state index in [1.54, 1.807) is 6.20 Å². The van der Waals surface area contributed by atoms with Crippen LogP contribution in [0.3, 0.4) is 0 Å². The monoisotopic (exact) mass is 248 g/mol. The van der Waals surface area contributed by atoms with Crippen molar-refractivity contribution in [3.05, 3.63) is 22.7 Å². The van der Waals surface area contributed by atoms with Gasteiger partial charge in [0.25, 0.3) is 5.56 Å². The van der Waals surface area contributed by atoms with Crippen molar-refractivity contribution in [3.8, 4) is 0 Å². The normalized spacial score (nSPS) is 23.1. The third kappa shape index (κ3) is 2.14. The van der Waals surface area contributed by atoms with Gasteiger partial charge in [0.05, 0.1) is 0 Å². The van der Waals surface area contributed by atoms with Gasteiger partial charge in [0, 0.05) is 43.6 Å².